The molecule has 0 unspecified atom stereocenters. The van der Waals surface area contributed by atoms with Crippen LogP contribution < -0.4 is 0 Å². The molecule has 0 aliphatic heterocycles. The first kappa shape index (κ1) is 13.8. The molecule has 0 aliphatic carbocycles. The largest absolute Gasteiger partial charge is 0.343 e. The van der Waals surface area contributed by atoms with Crippen molar-refractivity contribution < 1.29 is 4.39 Å². The predicted octanol–water partition coefficient (Wildman–Crippen LogP) is 4.07. The minimum atomic E-state index is -0.197. The summed E-state index contributed by atoms with van der Waals surface area (Å²) in [6.45, 7) is 1.43. The Hall–Kier alpha value is -2.88. The molecular formula is C19H16FN3. The van der Waals surface area contributed by atoms with Gasteiger partial charge in [0.2, 0.25) is 0 Å². The fourth-order valence-electron chi connectivity index (χ4n) is 2.99. The lowest BCUT2D eigenvalue weighted by molar-refractivity contribution is 0.624. The summed E-state index contributed by atoms with van der Waals surface area (Å²) >= 11 is 0. The molecule has 2 heterocycles. The molecule has 3 nitrogen and oxygen atoms in total. The van der Waals surface area contributed by atoms with E-state index in [1.54, 1.807) is 18.3 Å². The highest BCUT2D eigenvalue weighted by Gasteiger charge is 2.09. The molecule has 0 bridgehead atoms. The number of aromatic nitrogens is 3. The second-order valence-corrected chi connectivity index (χ2v) is 5.66. The summed E-state index contributed by atoms with van der Waals surface area (Å²) in [6, 6.07) is 15.1. The Balaban J connectivity index is 1.74. The Kier molecular flexibility index (Phi) is 3.42. The number of halogens is 1. The van der Waals surface area contributed by atoms with Crippen LogP contribution in [0.4, 0.5) is 4.39 Å². The monoisotopic (exact) mass is 305 g/mol. The Morgan fingerprint density at radius 1 is 1.00 bits per heavy atom. The molecular weight excluding hydrogens is 289 g/mol. The topological polar surface area (TPSA) is 22.8 Å². The maximum Gasteiger partial charge on any atom is 0.123 e. The summed E-state index contributed by atoms with van der Waals surface area (Å²) in [5, 5.41) is 1.22. The van der Waals surface area contributed by atoms with Gasteiger partial charge in [0, 0.05) is 36.0 Å². The van der Waals surface area contributed by atoms with Crippen molar-refractivity contribution in [2.45, 2.75) is 13.1 Å². The summed E-state index contributed by atoms with van der Waals surface area (Å²) in [5.41, 5.74) is 3.35. The van der Waals surface area contributed by atoms with Crippen LogP contribution in [0.1, 0.15) is 11.1 Å². The Labute approximate surface area is 133 Å². The fourth-order valence-corrected chi connectivity index (χ4v) is 2.99. The highest BCUT2D eigenvalue weighted by Crippen LogP contribution is 2.23. The Bertz CT molecular complexity index is 938. The maximum absolute atomic E-state index is 13.4. The van der Waals surface area contributed by atoms with Gasteiger partial charge in [-0.15, -0.1) is 0 Å². The van der Waals surface area contributed by atoms with Crippen molar-refractivity contribution in [3.05, 3.63) is 90.4 Å². The van der Waals surface area contributed by atoms with Crippen molar-refractivity contribution in [2.75, 3.05) is 0 Å². The average molecular weight is 305 g/mol. The first-order valence-electron chi connectivity index (χ1n) is 7.56. The van der Waals surface area contributed by atoms with E-state index >= 15 is 0 Å². The van der Waals surface area contributed by atoms with Crippen LogP contribution in [-0.4, -0.2) is 14.1 Å². The van der Waals surface area contributed by atoms with E-state index in [2.05, 4.69) is 27.9 Å². The molecule has 0 fully saturated rings. The zero-order valence-corrected chi connectivity index (χ0v) is 12.6. The summed E-state index contributed by atoms with van der Waals surface area (Å²) in [7, 11) is 0. The van der Waals surface area contributed by atoms with Gasteiger partial charge < -0.3 is 9.13 Å². The summed E-state index contributed by atoms with van der Waals surface area (Å²) in [4.78, 5) is 4.10. The van der Waals surface area contributed by atoms with E-state index in [-0.39, 0.29) is 5.82 Å². The van der Waals surface area contributed by atoms with Gasteiger partial charge in [0.1, 0.15) is 5.82 Å². The van der Waals surface area contributed by atoms with E-state index in [0.717, 1.165) is 17.6 Å². The lowest BCUT2D eigenvalue weighted by Crippen LogP contribution is -1.99. The van der Waals surface area contributed by atoms with Gasteiger partial charge in [-0.25, -0.2) is 9.37 Å². The van der Waals surface area contributed by atoms with Gasteiger partial charge in [0.15, 0.2) is 0 Å². The van der Waals surface area contributed by atoms with Crippen molar-refractivity contribution in [1.29, 1.82) is 0 Å². The molecule has 0 spiro atoms. The van der Waals surface area contributed by atoms with Gasteiger partial charge in [0.25, 0.3) is 0 Å². The van der Waals surface area contributed by atoms with Crippen LogP contribution in [0.5, 0.6) is 0 Å². The molecule has 0 saturated heterocycles. The van der Waals surface area contributed by atoms with E-state index in [1.807, 2.05) is 35.3 Å². The molecule has 0 atom stereocenters. The van der Waals surface area contributed by atoms with Gasteiger partial charge in [0.05, 0.1) is 12.9 Å². The van der Waals surface area contributed by atoms with Crippen molar-refractivity contribution in [1.82, 2.24) is 14.1 Å². The van der Waals surface area contributed by atoms with Crippen molar-refractivity contribution in [2.24, 2.45) is 0 Å². The molecule has 0 aliphatic rings. The number of fused-ring (bicyclic) bond motifs is 1. The second kappa shape index (κ2) is 5.72. The van der Waals surface area contributed by atoms with Gasteiger partial charge in [-0.3, -0.25) is 0 Å². The molecule has 4 heteroatoms. The van der Waals surface area contributed by atoms with Crippen LogP contribution in [-0.2, 0) is 13.1 Å². The van der Waals surface area contributed by atoms with Crippen molar-refractivity contribution in [3.8, 4) is 0 Å². The fraction of sp³-hybridized carbons (Fsp3) is 0.105. The first-order valence-corrected chi connectivity index (χ1v) is 7.56. The zero-order chi connectivity index (χ0) is 15.6. The predicted molar refractivity (Wildman–Crippen MR) is 88.8 cm³/mol. The van der Waals surface area contributed by atoms with Gasteiger partial charge in [-0.2, -0.15) is 0 Å². The number of hydrogen-bond donors (Lipinski definition) is 0. The highest BCUT2D eigenvalue weighted by molar-refractivity contribution is 5.84. The third kappa shape index (κ3) is 2.75. The SMILES string of the molecule is Fc1cccc(Cn2cc(Cn3ccnc3)c3ccccc32)c1. The van der Waals surface area contributed by atoms with Gasteiger partial charge >= 0.3 is 0 Å². The minimum Gasteiger partial charge on any atom is -0.343 e. The molecule has 114 valence electrons. The Morgan fingerprint density at radius 3 is 2.74 bits per heavy atom. The lowest BCUT2D eigenvalue weighted by Gasteiger charge is -2.05. The number of rotatable bonds is 4. The normalized spacial score (nSPS) is 11.2. The minimum absolute atomic E-state index is 0.197. The van der Waals surface area contributed by atoms with Gasteiger partial charge in [-0.1, -0.05) is 30.3 Å². The summed E-state index contributed by atoms with van der Waals surface area (Å²) < 4.78 is 17.6. The smallest absolute Gasteiger partial charge is 0.123 e. The zero-order valence-electron chi connectivity index (χ0n) is 12.6. The number of hydrogen-bond acceptors (Lipinski definition) is 1. The molecule has 0 amide bonds. The summed E-state index contributed by atoms with van der Waals surface area (Å²) in [5.74, 6) is -0.197. The quantitative estimate of drug-likeness (QED) is 0.557. The van der Waals surface area contributed by atoms with Crippen LogP contribution in [0.25, 0.3) is 10.9 Å². The molecule has 0 N–H and O–H groups in total. The van der Waals surface area contributed by atoms with Crippen molar-refractivity contribution in [3.63, 3.8) is 0 Å². The third-order valence-electron chi connectivity index (χ3n) is 4.03. The number of para-hydroxylation sites is 1. The number of benzene rings is 2. The molecule has 0 saturated carbocycles. The second-order valence-electron chi connectivity index (χ2n) is 5.66. The molecule has 4 aromatic rings. The van der Waals surface area contributed by atoms with Gasteiger partial charge in [-0.05, 0) is 29.3 Å². The van der Waals surface area contributed by atoms with Crippen LogP contribution in [0.15, 0.2) is 73.4 Å². The lowest BCUT2D eigenvalue weighted by atomic mass is 10.2. The van der Waals surface area contributed by atoms with E-state index in [0.29, 0.717) is 6.54 Å². The standard InChI is InChI=1S/C19H16FN3/c20-17-5-3-4-15(10-17)11-23-13-16(12-22-9-8-21-14-22)18-6-1-2-7-19(18)23/h1-10,13-14H,11-12H2. The van der Waals surface area contributed by atoms with E-state index in [4.69, 9.17) is 0 Å². The van der Waals surface area contributed by atoms with Crippen LogP contribution in [0.3, 0.4) is 0 Å². The molecule has 23 heavy (non-hydrogen) atoms. The van der Waals surface area contributed by atoms with E-state index in [9.17, 15) is 4.39 Å². The number of imidazole rings is 1. The van der Waals surface area contributed by atoms with Crippen LogP contribution >= 0.6 is 0 Å². The van der Waals surface area contributed by atoms with E-state index in [1.165, 1.54) is 17.0 Å². The summed E-state index contributed by atoms with van der Waals surface area (Å²) in [6.07, 6.45) is 7.71. The first-order chi connectivity index (χ1) is 11.3. The third-order valence-corrected chi connectivity index (χ3v) is 4.03. The molecule has 2 aromatic heterocycles. The highest BCUT2D eigenvalue weighted by atomic mass is 19.1. The van der Waals surface area contributed by atoms with Crippen LogP contribution in [0.2, 0.25) is 0 Å². The number of nitrogens with zero attached hydrogens (tertiary/aromatic N) is 3. The van der Waals surface area contributed by atoms with E-state index < -0.39 is 0 Å². The van der Waals surface area contributed by atoms with Crippen LogP contribution in [0, 0.1) is 5.82 Å². The average Bonchev–Trinajstić information content (AvgIpc) is 3.17. The maximum atomic E-state index is 13.4. The Morgan fingerprint density at radius 2 is 1.91 bits per heavy atom. The van der Waals surface area contributed by atoms with Crippen molar-refractivity contribution >= 4 is 10.9 Å². The molecule has 0 radical (unpaired) electrons. The molecule has 2 aromatic carbocycles. The molecule has 4 rings (SSSR count).